The van der Waals surface area contributed by atoms with E-state index < -0.39 is 33.4 Å². The van der Waals surface area contributed by atoms with Gasteiger partial charge in [0.15, 0.2) is 0 Å². The van der Waals surface area contributed by atoms with E-state index in [1.165, 1.54) is 0 Å². The van der Waals surface area contributed by atoms with E-state index in [1.807, 2.05) is 0 Å². The van der Waals surface area contributed by atoms with Gasteiger partial charge in [0.1, 0.15) is 0 Å². The van der Waals surface area contributed by atoms with Gasteiger partial charge < -0.3 is 9.29 Å². The summed E-state index contributed by atoms with van der Waals surface area (Å²) >= 11 is 0. The predicted molar refractivity (Wildman–Crippen MR) is 33.7 cm³/mol. The van der Waals surface area contributed by atoms with Gasteiger partial charge in [-0.3, -0.25) is 0 Å². The molecular formula is C5H3LiO6S. The Labute approximate surface area is 85.9 Å². The third-order valence-electron chi connectivity index (χ3n) is 1.08. The molecule has 0 spiro atoms. The van der Waals surface area contributed by atoms with Gasteiger partial charge in [0.25, 0.3) is 0 Å². The number of hydrogen-bond acceptors (Lipinski definition) is 6. The molecule has 0 atom stereocenters. The number of ether oxygens (including phenoxy) is 1. The van der Waals surface area contributed by atoms with E-state index in [4.69, 9.17) is 0 Å². The molecule has 0 unspecified atom stereocenters. The average Bonchev–Trinajstić information content (AvgIpc) is 2.06. The van der Waals surface area contributed by atoms with Crippen LogP contribution < -0.4 is 18.9 Å². The van der Waals surface area contributed by atoms with Crippen LogP contribution in [0.3, 0.4) is 0 Å². The van der Waals surface area contributed by atoms with Gasteiger partial charge >= 0.3 is 30.8 Å². The smallest absolute Gasteiger partial charge is 0.748 e. The molecule has 0 aromatic carbocycles. The predicted octanol–water partition coefficient (Wildman–Crippen LogP) is -4.45. The Morgan fingerprint density at radius 2 is 1.92 bits per heavy atom. The first-order chi connectivity index (χ1) is 5.38. The number of esters is 2. The van der Waals surface area contributed by atoms with Crippen LogP contribution in [0.4, 0.5) is 0 Å². The average molecular weight is 198 g/mol. The molecule has 0 amide bonds. The number of rotatable bonds is 2. The zero-order valence-electron chi connectivity index (χ0n) is 6.64. The Morgan fingerprint density at radius 3 is 2.23 bits per heavy atom. The molecule has 1 heterocycles. The molecule has 0 bridgehead atoms. The van der Waals surface area contributed by atoms with Gasteiger partial charge in [0.2, 0.25) is 0 Å². The molecule has 0 aromatic rings. The number of carbonyl (C=O) groups excluding carboxylic acids is 2. The van der Waals surface area contributed by atoms with Crippen LogP contribution in [-0.2, 0) is 24.4 Å². The second kappa shape index (κ2) is 4.06. The maximum atomic E-state index is 10.5. The van der Waals surface area contributed by atoms with Crippen LogP contribution in [0.2, 0.25) is 0 Å². The van der Waals surface area contributed by atoms with Crippen molar-refractivity contribution in [2.75, 3.05) is 5.75 Å². The Hall–Kier alpha value is -0.613. The van der Waals surface area contributed by atoms with E-state index >= 15 is 0 Å². The van der Waals surface area contributed by atoms with Crippen molar-refractivity contribution in [1.82, 2.24) is 0 Å². The summed E-state index contributed by atoms with van der Waals surface area (Å²) in [6, 6.07) is 0. The second-order valence-corrected chi connectivity index (χ2v) is 3.48. The Morgan fingerprint density at radius 1 is 1.38 bits per heavy atom. The number of carbonyl (C=O) groups is 2. The first-order valence-corrected chi connectivity index (χ1v) is 4.36. The van der Waals surface area contributed by atoms with Gasteiger partial charge in [0.05, 0.1) is 21.4 Å². The van der Waals surface area contributed by atoms with Crippen molar-refractivity contribution in [3.63, 3.8) is 0 Å². The van der Waals surface area contributed by atoms with Crippen LogP contribution in [0.25, 0.3) is 0 Å². The van der Waals surface area contributed by atoms with Crippen LogP contribution in [-0.4, -0.2) is 30.7 Å². The van der Waals surface area contributed by atoms with E-state index in [0.717, 1.165) is 0 Å². The fraction of sp³-hybridized carbons (Fsp3) is 0.200. The van der Waals surface area contributed by atoms with Gasteiger partial charge in [-0.05, 0) is 0 Å². The van der Waals surface area contributed by atoms with E-state index in [-0.39, 0.29) is 18.9 Å². The van der Waals surface area contributed by atoms with Crippen molar-refractivity contribution in [3.05, 3.63) is 11.6 Å². The fourth-order valence-electron chi connectivity index (χ4n) is 0.679. The first kappa shape index (κ1) is 12.4. The molecule has 1 rings (SSSR count). The van der Waals surface area contributed by atoms with E-state index in [9.17, 15) is 22.6 Å². The SMILES string of the molecule is O=C1C=C(CS(=O)(=O)[O-])C(=O)O1.[Li+]. The maximum Gasteiger partial charge on any atom is 1.00 e. The Kier molecular flexibility index (Phi) is 3.87. The number of hydrogen-bond donors (Lipinski definition) is 0. The maximum absolute atomic E-state index is 10.5. The van der Waals surface area contributed by atoms with Crippen molar-refractivity contribution < 1.29 is 46.2 Å². The topological polar surface area (TPSA) is 101 Å². The Balaban J connectivity index is 0.00000144. The molecule has 0 saturated heterocycles. The number of cyclic esters (lactones) is 2. The summed E-state index contributed by atoms with van der Waals surface area (Å²) in [6.07, 6.45) is 0.692. The Bertz CT molecular complexity index is 366. The molecule has 0 aliphatic carbocycles. The summed E-state index contributed by atoms with van der Waals surface area (Å²) in [6.45, 7) is 0. The molecule has 0 saturated carbocycles. The third-order valence-corrected chi connectivity index (χ3v) is 1.74. The van der Waals surface area contributed by atoms with Crippen LogP contribution in [0.5, 0.6) is 0 Å². The van der Waals surface area contributed by atoms with Crippen molar-refractivity contribution in [3.8, 4) is 0 Å². The molecule has 8 heteroatoms. The molecule has 0 radical (unpaired) electrons. The summed E-state index contributed by atoms with van der Waals surface area (Å²) in [4.78, 5) is 20.9. The minimum atomic E-state index is -4.54. The van der Waals surface area contributed by atoms with Gasteiger partial charge in [-0.15, -0.1) is 0 Å². The molecule has 6 nitrogen and oxygen atoms in total. The van der Waals surface area contributed by atoms with Crippen molar-refractivity contribution >= 4 is 22.1 Å². The molecule has 1 aliphatic heterocycles. The van der Waals surface area contributed by atoms with Gasteiger partial charge in [-0.1, -0.05) is 0 Å². The van der Waals surface area contributed by atoms with Crippen LogP contribution >= 0.6 is 0 Å². The van der Waals surface area contributed by atoms with E-state index in [1.54, 1.807) is 0 Å². The van der Waals surface area contributed by atoms with Crippen molar-refractivity contribution in [1.29, 1.82) is 0 Å². The molecule has 0 fully saturated rings. The zero-order valence-corrected chi connectivity index (χ0v) is 7.46. The van der Waals surface area contributed by atoms with E-state index in [0.29, 0.717) is 6.08 Å². The summed E-state index contributed by atoms with van der Waals surface area (Å²) in [7, 11) is -4.54. The van der Waals surface area contributed by atoms with Crippen LogP contribution in [0, 0.1) is 0 Å². The van der Waals surface area contributed by atoms with Crippen molar-refractivity contribution in [2.45, 2.75) is 0 Å². The van der Waals surface area contributed by atoms with Crippen LogP contribution in [0.1, 0.15) is 0 Å². The first-order valence-electron chi connectivity index (χ1n) is 2.79. The van der Waals surface area contributed by atoms with Crippen molar-refractivity contribution in [2.24, 2.45) is 0 Å². The van der Waals surface area contributed by atoms with Gasteiger partial charge in [-0.2, -0.15) is 0 Å². The van der Waals surface area contributed by atoms with Gasteiger partial charge in [0, 0.05) is 6.08 Å². The molecule has 0 aromatic heterocycles. The quantitative estimate of drug-likeness (QED) is 0.192. The summed E-state index contributed by atoms with van der Waals surface area (Å²) in [5.74, 6) is -3.02. The summed E-state index contributed by atoms with van der Waals surface area (Å²) in [5, 5.41) is 0. The third kappa shape index (κ3) is 3.74. The minimum absolute atomic E-state index is 0. The summed E-state index contributed by atoms with van der Waals surface area (Å²) < 4.78 is 34.3. The second-order valence-electron chi connectivity index (χ2n) is 2.08. The molecule has 1 aliphatic rings. The minimum Gasteiger partial charge on any atom is -0.748 e. The van der Waals surface area contributed by atoms with Crippen LogP contribution in [0.15, 0.2) is 11.6 Å². The molecule has 0 N–H and O–H groups in total. The molecule has 66 valence electrons. The molecular weight excluding hydrogens is 195 g/mol. The van der Waals surface area contributed by atoms with E-state index in [2.05, 4.69) is 4.74 Å². The molecule has 13 heavy (non-hydrogen) atoms. The summed E-state index contributed by atoms with van der Waals surface area (Å²) in [5.41, 5.74) is -0.421. The van der Waals surface area contributed by atoms with Gasteiger partial charge in [-0.25, -0.2) is 18.0 Å². The fourth-order valence-corrected chi connectivity index (χ4v) is 1.26. The zero-order chi connectivity index (χ0) is 9.35. The standard InChI is InChI=1S/C5H4O6S.Li/c6-4-1-3(5(7)11-4)2-12(8,9)10;/h1H,2H2,(H,8,9,10);/q;+1/p-1. The largest absolute Gasteiger partial charge is 1.00 e. The monoisotopic (exact) mass is 198 g/mol. The normalized spacial score (nSPS) is 16.2.